The first-order chi connectivity index (χ1) is 21.9. The van der Waals surface area contributed by atoms with Crippen molar-refractivity contribution in [2.24, 2.45) is 0 Å². The molecule has 20 heteroatoms. The second-order valence-electron chi connectivity index (χ2n) is 10.3. The molecular weight excluding hydrogens is 675 g/mol. The van der Waals surface area contributed by atoms with Crippen LogP contribution in [-0.4, -0.2) is 54.4 Å². The zero-order valence-corrected chi connectivity index (χ0v) is 28.5. The molecule has 0 fully saturated rings. The van der Waals surface area contributed by atoms with E-state index >= 15 is 0 Å². The van der Waals surface area contributed by atoms with E-state index in [0.29, 0.717) is 0 Å². The van der Waals surface area contributed by atoms with Crippen LogP contribution in [0, 0.1) is 27.7 Å². The average Bonchev–Trinajstić information content (AvgIpc) is 2.89. The van der Waals surface area contributed by atoms with Crippen LogP contribution >= 0.6 is 0 Å². The highest BCUT2D eigenvalue weighted by atomic mass is 32.2. The van der Waals surface area contributed by atoms with E-state index in [1.165, 1.54) is 32.4 Å². The Bertz CT molecular complexity index is 1960. The maximum absolute atomic E-state index is 13.1. The standard InChI is InChI=1S/C27H33N9O8S3/c1-16-7-17(2)10-20(9-16)31-45(37,38)34-25-28-26(35-46(39,40)32-21-11-18(3)8-19(4)12-21)30-27(29-25)36-47(41,42)33-22-13-23(43-5)15-24(14-22)44-6/h7-15,31-33H,1-6H3,(H3,28,29,30,34,35,36). The summed E-state index contributed by atoms with van der Waals surface area (Å²) in [6, 6.07) is 14.3. The smallest absolute Gasteiger partial charge is 0.323 e. The lowest BCUT2D eigenvalue weighted by Gasteiger charge is -2.15. The molecular formula is C27H33N9O8S3. The van der Waals surface area contributed by atoms with Crippen molar-refractivity contribution >= 4 is 65.5 Å². The summed E-state index contributed by atoms with van der Waals surface area (Å²) in [5, 5.41) is 0. The van der Waals surface area contributed by atoms with Gasteiger partial charge < -0.3 is 9.47 Å². The van der Waals surface area contributed by atoms with E-state index in [1.807, 2.05) is 16.9 Å². The number of nitrogens with zero attached hydrogens (tertiary/aromatic N) is 3. The van der Waals surface area contributed by atoms with Gasteiger partial charge in [0.05, 0.1) is 31.3 Å². The lowest BCUT2D eigenvalue weighted by atomic mass is 10.1. The second-order valence-corrected chi connectivity index (χ2v) is 14.5. The fraction of sp³-hybridized carbons (Fsp3) is 0.222. The van der Waals surface area contributed by atoms with Crippen LogP contribution in [0.2, 0.25) is 0 Å². The lowest BCUT2D eigenvalue weighted by molar-refractivity contribution is 0.395. The molecule has 17 nitrogen and oxygen atoms in total. The molecule has 0 bridgehead atoms. The van der Waals surface area contributed by atoms with Crippen LogP contribution in [0.4, 0.5) is 34.9 Å². The molecule has 0 aliphatic rings. The number of rotatable bonds is 14. The van der Waals surface area contributed by atoms with Crippen molar-refractivity contribution in [3.05, 3.63) is 76.9 Å². The van der Waals surface area contributed by atoms with Crippen molar-refractivity contribution in [1.82, 2.24) is 15.0 Å². The highest BCUT2D eigenvalue weighted by Crippen LogP contribution is 2.27. The third-order valence-corrected chi connectivity index (χ3v) is 8.73. The van der Waals surface area contributed by atoms with E-state index in [1.54, 1.807) is 52.0 Å². The molecule has 6 N–H and O–H groups in total. The van der Waals surface area contributed by atoms with Gasteiger partial charge in [-0.25, -0.2) is 14.2 Å². The van der Waals surface area contributed by atoms with Crippen molar-refractivity contribution in [3.8, 4) is 11.5 Å². The van der Waals surface area contributed by atoms with Crippen LogP contribution in [0.15, 0.2) is 54.6 Å². The van der Waals surface area contributed by atoms with Gasteiger partial charge >= 0.3 is 30.6 Å². The molecule has 0 spiro atoms. The van der Waals surface area contributed by atoms with Gasteiger partial charge in [-0.2, -0.15) is 40.2 Å². The molecule has 0 atom stereocenters. The minimum absolute atomic E-state index is 0.0277. The minimum atomic E-state index is -4.52. The second kappa shape index (κ2) is 13.7. The Morgan fingerprint density at radius 3 is 0.979 bits per heavy atom. The predicted molar refractivity (Wildman–Crippen MR) is 180 cm³/mol. The summed E-state index contributed by atoms with van der Waals surface area (Å²) in [5.41, 5.74) is 3.62. The molecule has 0 aliphatic carbocycles. The topological polar surface area (TPSA) is 232 Å². The number of methoxy groups -OCH3 is 2. The maximum atomic E-state index is 13.1. The first kappa shape index (κ1) is 34.8. The van der Waals surface area contributed by atoms with Gasteiger partial charge in [0, 0.05) is 18.2 Å². The van der Waals surface area contributed by atoms with E-state index in [2.05, 4.69) is 38.6 Å². The fourth-order valence-corrected chi connectivity index (χ4v) is 6.78. The molecule has 0 saturated carbocycles. The zero-order valence-electron chi connectivity index (χ0n) is 26.0. The van der Waals surface area contributed by atoms with Gasteiger partial charge in [0.1, 0.15) is 11.5 Å². The molecule has 1 aromatic heterocycles. The Hall–Kier alpha value is -5.08. The Labute approximate surface area is 273 Å². The van der Waals surface area contributed by atoms with E-state index in [-0.39, 0.29) is 28.6 Å². The number of hydrogen-bond donors (Lipinski definition) is 6. The molecule has 3 aromatic carbocycles. The number of ether oxygens (including phenoxy) is 2. The van der Waals surface area contributed by atoms with Crippen molar-refractivity contribution in [1.29, 1.82) is 0 Å². The SMILES string of the molecule is COc1cc(NS(=O)(=O)Nc2nc(NS(=O)(=O)Nc3cc(C)cc(C)c3)nc(NS(=O)(=O)Nc3cc(C)cc(C)c3)n2)cc(OC)c1. The van der Waals surface area contributed by atoms with Crippen LogP contribution in [0.3, 0.4) is 0 Å². The highest BCUT2D eigenvalue weighted by molar-refractivity contribution is 7.94. The van der Waals surface area contributed by atoms with Crippen LogP contribution < -0.4 is 37.8 Å². The third kappa shape index (κ3) is 10.5. The van der Waals surface area contributed by atoms with Crippen molar-refractivity contribution in [2.75, 3.05) is 42.6 Å². The van der Waals surface area contributed by atoms with Crippen molar-refractivity contribution < 1.29 is 34.7 Å². The molecule has 4 rings (SSSR count). The molecule has 47 heavy (non-hydrogen) atoms. The van der Waals surface area contributed by atoms with Crippen LogP contribution in [0.5, 0.6) is 11.5 Å². The molecule has 0 saturated heterocycles. The quantitative estimate of drug-likeness (QED) is 0.111. The number of aryl methyl sites for hydroxylation is 4. The zero-order chi connectivity index (χ0) is 34.6. The van der Waals surface area contributed by atoms with Gasteiger partial charge in [-0.15, -0.1) is 0 Å². The van der Waals surface area contributed by atoms with Crippen molar-refractivity contribution in [2.45, 2.75) is 27.7 Å². The number of benzene rings is 3. The Balaban J connectivity index is 1.67. The van der Waals surface area contributed by atoms with E-state index < -0.39 is 48.5 Å². The first-order valence-electron chi connectivity index (χ1n) is 13.5. The number of nitrogens with one attached hydrogen (secondary N) is 6. The maximum Gasteiger partial charge on any atom is 0.323 e. The van der Waals surface area contributed by atoms with Gasteiger partial charge in [0.25, 0.3) is 0 Å². The van der Waals surface area contributed by atoms with Gasteiger partial charge in [0.2, 0.25) is 17.8 Å². The predicted octanol–water partition coefficient (Wildman–Crippen LogP) is 3.43. The van der Waals surface area contributed by atoms with Gasteiger partial charge in [-0.05, 0) is 74.2 Å². The average molecular weight is 708 g/mol. The Morgan fingerprint density at radius 2 is 0.702 bits per heavy atom. The number of aromatic nitrogens is 3. The molecule has 0 unspecified atom stereocenters. The normalized spacial score (nSPS) is 11.7. The number of anilines is 6. The van der Waals surface area contributed by atoms with E-state index in [0.717, 1.165) is 22.3 Å². The summed E-state index contributed by atoms with van der Waals surface area (Å²) in [5.74, 6) is -1.62. The third-order valence-electron chi connectivity index (χ3n) is 5.86. The van der Waals surface area contributed by atoms with Gasteiger partial charge in [-0.1, -0.05) is 12.1 Å². The largest absolute Gasteiger partial charge is 0.497 e. The summed E-state index contributed by atoms with van der Waals surface area (Å²) in [6.07, 6.45) is 0. The van der Waals surface area contributed by atoms with Gasteiger partial charge in [-0.3, -0.25) is 14.2 Å². The lowest BCUT2D eigenvalue weighted by Crippen LogP contribution is -2.27. The monoisotopic (exact) mass is 707 g/mol. The van der Waals surface area contributed by atoms with Gasteiger partial charge in [0.15, 0.2) is 0 Å². The van der Waals surface area contributed by atoms with Crippen LogP contribution in [0.25, 0.3) is 0 Å². The van der Waals surface area contributed by atoms with E-state index in [4.69, 9.17) is 9.47 Å². The van der Waals surface area contributed by atoms with Crippen LogP contribution in [-0.2, 0) is 30.6 Å². The molecule has 4 aromatic rings. The fourth-order valence-electron chi connectivity index (χ4n) is 4.35. The molecule has 0 amide bonds. The summed E-state index contributed by atoms with van der Waals surface area (Å²) in [7, 11) is -10.6. The highest BCUT2D eigenvalue weighted by Gasteiger charge is 2.21. The number of hydrogen-bond acceptors (Lipinski definition) is 11. The molecule has 252 valence electrons. The molecule has 0 radical (unpaired) electrons. The summed E-state index contributed by atoms with van der Waals surface area (Å²) < 4.78 is 101. The van der Waals surface area contributed by atoms with Crippen LogP contribution in [0.1, 0.15) is 22.3 Å². The Kier molecular flexibility index (Phi) is 10.2. The van der Waals surface area contributed by atoms with Crippen molar-refractivity contribution in [3.63, 3.8) is 0 Å². The molecule has 0 aliphatic heterocycles. The summed E-state index contributed by atoms with van der Waals surface area (Å²) in [6.45, 7) is 7.12. The van der Waals surface area contributed by atoms with E-state index in [9.17, 15) is 25.3 Å². The summed E-state index contributed by atoms with van der Waals surface area (Å²) >= 11 is 0. The first-order valence-corrected chi connectivity index (χ1v) is 17.9. The Morgan fingerprint density at radius 1 is 0.426 bits per heavy atom. The summed E-state index contributed by atoms with van der Waals surface area (Å²) in [4.78, 5) is 11.5. The minimum Gasteiger partial charge on any atom is -0.497 e. The molecule has 1 heterocycles.